The Balaban J connectivity index is 2.88. The van der Waals surface area contributed by atoms with Gasteiger partial charge in [0.05, 0.1) is 0 Å². The predicted molar refractivity (Wildman–Crippen MR) is 47.8 cm³/mol. The Bertz CT molecular complexity index is 52.5. The highest BCUT2D eigenvalue weighted by molar-refractivity contribution is 7.37. The zero-order chi connectivity index (χ0) is 7.11. The normalized spacial score (nSPS) is 15.0. The van der Waals surface area contributed by atoms with Gasteiger partial charge >= 0.3 is 0 Å². The molecule has 0 aliphatic carbocycles. The first-order valence-electron chi connectivity index (χ1n) is 3.98. The van der Waals surface area contributed by atoms with E-state index in [2.05, 4.69) is 20.5 Å². The van der Waals surface area contributed by atoms with Crippen molar-refractivity contribution in [2.24, 2.45) is 0 Å². The van der Waals surface area contributed by atoms with E-state index in [0.29, 0.717) is 0 Å². The van der Waals surface area contributed by atoms with Crippen molar-refractivity contribution < 1.29 is 0 Å². The van der Waals surface area contributed by atoms with Gasteiger partial charge < -0.3 is 0 Å². The van der Waals surface area contributed by atoms with Gasteiger partial charge in [-0.15, -0.1) is 8.58 Å². The summed E-state index contributed by atoms with van der Waals surface area (Å²) < 4.78 is 0. The molecule has 56 valence electrons. The second-order valence-corrected chi connectivity index (χ2v) is 4.25. The van der Waals surface area contributed by atoms with Crippen LogP contribution in [0.2, 0.25) is 0 Å². The Morgan fingerprint density at radius 1 is 1.33 bits per heavy atom. The van der Waals surface area contributed by atoms with Gasteiger partial charge in [-0.2, -0.15) is 0 Å². The van der Waals surface area contributed by atoms with Crippen LogP contribution < -0.4 is 0 Å². The maximum atomic E-state index is 2.36. The molecular weight excluding hydrogens is 127 g/mol. The van der Waals surface area contributed by atoms with Crippen molar-refractivity contribution >= 4 is 8.58 Å². The molecule has 0 aliphatic heterocycles. The topological polar surface area (TPSA) is 0 Å². The lowest BCUT2D eigenvalue weighted by Crippen LogP contribution is -1.91. The molecule has 1 heteroatoms. The molecule has 0 fully saturated rings. The summed E-state index contributed by atoms with van der Waals surface area (Å²) in [6, 6.07) is 0. The molecule has 0 spiro atoms. The highest BCUT2D eigenvalue weighted by atomic mass is 31.1. The van der Waals surface area contributed by atoms with Crippen molar-refractivity contribution in [1.29, 1.82) is 0 Å². The van der Waals surface area contributed by atoms with Crippen LogP contribution in [-0.4, -0.2) is 12.3 Å². The summed E-state index contributed by atoms with van der Waals surface area (Å²) in [4.78, 5) is 0. The molecule has 0 aromatic carbocycles. The highest BCUT2D eigenvalue weighted by Crippen LogP contribution is 2.18. The van der Waals surface area contributed by atoms with E-state index in [1.807, 2.05) is 0 Å². The number of hydrogen-bond donors (Lipinski definition) is 0. The van der Waals surface area contributed by atoms with Crippen LogP contribution >= 0.6 is 8.58 Å². The van der Waals surface area contributed by atoms with Gasteiger partial charge in [-0.05, 0) is 18.7 Å². The van der Waals surface area contributed by atoms with Crippen LogP contribution in [0.25, 0.3) is 0 Å². The summed E-state index contributed by atoms with van der Waals surface area (Å²) in [5.74, 6) is 0. The molecule has 0 saturated carbocycles. The third-order valence-electron chi connectivity index (χ3n) is 1.73. The molecule has 2 unspecified atom stereocenters. The number of rotatable bonds is 5. The quantitative estimate of drug-likeness (QED) is 0.412. The van der Waals surface area contributed by atoms with E-state index in [0.717, 1.165) is 14.2 Å². The van der Waals surface area contributed by atoms with Gasteiger partial charge in [0.15, 0.2) is 0 Å². The summed E-state index contributed by atoms with van der Waals surface area (Å²) >= 11 is 0. The Hall–Kier alpha value is 0.430. The second kappa shape index (κ2) is 6.55. The SMILES string of the molecule is CCCCCC(C)PC. The van der Waals surface area contributed by atoms with E-state index >= 15 is 0 Å². The molecular formula is C8H19P. The summed E-state index contributed by atoms with van der Waals surface area (Å²) in [6.07, 6.45) is 5.68. The molecule has 0 amide bonds. The number of unbranched alkanes of at least 4 members (excludes halogenated alkanes) is 2. The smallest absolute Gasteiger partial charge is 0.0268 e. The van der Waals surface area contributed by atoms with Crippen molar-refractivity contribution in [3.8, 4) is 0 Å². The molecule has 9 heavy (non-hydrogen) atoms. The molecule has 0 aliphatic rings. The standard InChI is InChI=1S/C8H19P/c1-4-5-6-7-8(2)9-3/h8-9H,4-7H2,1-3H3. The lowest BCUT2D eigenvalue weighted by Gasteiger charge is -2.05. The predicted octanol–water partition coefficient (Wildman–Crippen LogP) is 3.26. The molecule has 0 nitrogen and oxygen atoms in total. The van der Waals surface area contributed by atoms with Crippen LogP contribution in [0.1, 0.15) is 39.5 Å². The highest BCUT2D eigenvalue weighted by Gasteiger charge is 1.95. The molecule has 0 bridgehead atoms. The van der Waals surface area contributed by atoms with E-state index in [-0.39, 0.29) is 0 Å². The van der Waals surface area contributed by atoms with Gasteiger partial charge in [0.25, 0.3) is 0 Å². The van der Waals surface area contributed by atoms with Gasteiger partial charge in [0.2, 0.25) is 0 Å². The summed E-state index contributed by atoms with van der Waals surface area (Å²) in [5, 5.41) is 0. The summed E-state index contributed by atoms with van der Waals surface area (Å²) in [5.41, 5.74) is 0.983. The van der Waals surface area contributed by atoms with E-state index in [4.69, 9.17) is 0 Å². The fourth-order valence-electron chi connectivity index (χ4n) is 0.845. The third-order valence-corrected chi connectivity index (χ3v) is 3.01. The Morgan fingerprint density at radius 3 is 2.44 bits per heavy atom. The summed E-state index contributed by atoms with van der Waals surface area (Å²) in [6.45, 7) is 6.92. The number of hydrogen-bond acceptors (Lipinski definition) is 0. The zero-order valence-corrected chi connectivity index (χ0v) is 7.91. The third kappa shape index (κ3) is 6.31. The molecule has 0 aromatic heterocycles. The average Bonchev–Trinajstić information content (AvgIpc) is 1.89. The van der Waals surface area contributed by atoms with Crippen molar-refractivity contribution in [3.63, 3.8) is 0 Å². The van der Waals surface area contributed by atoms with Gasteiger partial charge in [-0.1, -0.05) is 33.1 Å². The van der Waals surface area contributed by atoms with Crippen molar-refractivity contribution in [2.45, 2.75) is 45.2 Å². The fourth-order valence-corrected chi connectivity index (χ4v) is 1.34. The van der Waals surface area contributed by atoms with Crippen LogP contribution in [0, 0.1) is 0 Å². The Morgan fingerprint density at radius 2 is 2.00 bits per heavy atom. The van der Waals surface area contributed by atoms with E-state index < -0.39 is 0 Å². The average molecular weight is 146 g/mol. The molecule has 0 heterocycles. The molecule has 0 saturated heterocycles. The molecule has 0 radical (unpaired) electrons. The maximum Gasteiger partial charge on any atom is -0.0268 e. The van der Waals surface area contributed by atoms with Crippen LogP contribution in [0.15, 0.2) is 0 Å². The van der Waals surface area contributed by atoms with Gasteiger partial charge in [0.1, 0.15) is 0 Å². The fraction of sp³-hybridized carbons (Fsp3) is 1.00. The molecule has 2 atom stereocenters. The van der Waals surface area contributed by atoms with E-state index in [9.17, 15) is 0 Å². The van der Waals surface area contributed by atoms with Crippen molar-refractivity contribution in [3.05, 3.63) is 0 Å². The van der Waals surface area contributed by atoms with Gasteiger partial charge in [-0.3, -0.25) is 0 Å². The molecule has 0 rings (SSSR count). The maximum absolute atomic E-state index is 2.36. The van der Waals surface area contributed by atoms with Crippen molar-refractivity contribution in [1.82, 2.24) is 0 Å². The van der Waals surface area contributed by atoms with Crippen LogP contribution in [0.3, 0.4) is 0 Å². The van der Waals surface area contributed by atoms with E-state index in [1.54, 1.807) is 0 Å². The minimum Gasteiger partial charge on any atom is -0.122 e. The van der Waals surface area contributed by atoms with Crippen LogP contribution in [0.4, 0.5) is 0 Å². The first-order valence-corrected chi connectivity index (χ1v) is 5.56. The first-order chi connectivity index (χ1) is 4.31. The molecule has 0 N–H and O–H groups in total. The lowest BCUT2D eigenvalue weighted by molar-refractivity contribution is 0.663. The minimum atomic E-state index is 0.983. The molecule has 0 aromatic rings. The van der Waals surface area contributed by atoms with Crippen LogP contribution in [0.5, 0.6) is 0 Å². The second-order valence-electron chi connectivity index (χ2n) is 2.69. The largest absolute Gasteiger partial charge is 0.122 e. The Kier molecular flexibility index (Phi) is 6.86. The first kappa shape index (κ1) is 9.43. The zero-order valence-electron chi connectivity index (χ0n) is 6.91. The lowest BCUT2D eigenvalue weighted by atomic mass is 10.2. The van der Waals surface area contributed by atoms with Crippen molar-refractivity contribution in [2.75, 3.05) is 6.66 Å². The van der Waals surface area contributed by atoms with Gasteiger partial charge in [-0.25, -0.2) is 0 Å². The minimum absolute atomic E-state index is 0.983. The van der Waals surface area contributed by atoms with Gasteiger partial charge in [0, 0.05) is 0 Å². The van der Waals surface area contributed by atoms with E-state index in [1.165, 1.54) is 25.7 Å². The monoisotopic (exact) mass is 146 g/mol. The Labute approximate surface area is 61.2 Å². The van der Waals surface area contributed by atoms with Crippen LogP contribution in [-0.2, 0) is 0 Å². The summed E-state index contributed by atoms with van der Waals surface area (Å²) in [7, 11) is 1.14.